The van der Waals surface area contributed by atoms with Gasteiger partial charge in [-0.15, -0.1) is 0 Å². The first kappa shape index (κ1) is 19.6. The summed E-state index contributed by atoms with van der Waals surface area (Å²) in [6.45, 7) is 3.96. The summed E-state index contributed by atoms with van der Waals surface area (Å²) in [6, 6.07) is 0. The fraction of sp³-hybridized carbons (Fsp3) is 0.917. The molecule has 1 N–H and O–H groups in total. The fourth-order valence-corrected chi connectivity index (χ4v) is 1.20. The van der Waals surface area contributed by atoms with Crippen molar-refractivity contribution in [2.75, 3.05) is 66.4 Å². The number of nitrogens with one attached hydrogen (secondary N) is 1. The molecule has 0 aliphatic rings. The number of amides is 1. The Bertz CT molecular complexity index is 297. The lowest BCUT2D eigenvalue weighted by Crippen LogP contribution is -2.20. The molecule has 0 fully saturated rings. The minimum absolute atomic E-state index is 0.0361. The van der Waals surface area contributed by atoms with Gasteiger partial charge in [-0.2, -0.15) is 0 Å². The summed E-state index contributed by atoms with van der Waals surface area (Å²) in [5.41, 5.74) is 8.03. The van der Waals surface area contributed by atoms with Crippen LogP contribution in [-0.4, -0.2) is 72.4 Å². The van der Waals surface area contributed by atoms with Gasteiger partial charge in [-0.25, -0.2) is 0 Å². The van der Waals surface area contributed by atoms with Gasteiger partial charge in [0.2, 0.25) is 5.91 Å². The van der Waals surface area contributed by atoms with Crippen LogP contribution >= 0.6 is 0 Å². The van der Waals surface area contributed by atoms with Crippen molar-refractivity contribution in [2.24, 2.45) is 5.11 Å². The molecular formula is C12H24N4O5. The number of hydrogen-bond donors (Lipinski definition) is 1. The Labute approximate surface area is 124 Å². The zero-order chi connectivity index (χ0) is 15.6. The smallest absolute Gasteiger partial charge is 0.222 e. The highest BCUT2D eigenvalue weighted by Gasteiger charge is 1.97. The Morgan fingerprint density at radius 3 is 1.90 bits per heavy atom. The Balaban J connectivity index is 3.02. The predicted octanol–water partition coefficient (Wildman–Crippen LogP) is 0.499. The van der Waals surface area contributed by atoms with E-state index in [1.165, 1.54) is 0 Å². The third-order valence-electron chi connectivity index (χ3n) is 2.27. The Hall–Kier alpha value is -1.38. The summed E-state index contributed by atoms with van der Waals surface area (Å²) in [6.07, 6.45) is 0.360. The molecule has 0 unspecified atom stereocenters. The number of azide groups is 1. The first-order valence-corrected chi connectivity index (χ1v) is 6.83. The zero-order valence-electron chi connectivity index (χ0n) is 12.5. The van der Waals surface area contributed by atoms with Gasteiger partial charge < -0.3 is 24.3 Å². The van der Waals surface area contributed by atoms with E-state index in [1.807, 2.05) is 0 Å². The van der Waals surface area contributed by atoms with E-state index in [2.05, 4.69) is 15.3 Å². The molecule has 0 heterocycles. The van der Waals surface area contributed by atoms with Crippen LogP contribution < -0.4 is 5.32 Å². The highest BCUT2D eigenvalue weighted by Crippen LogP contribution is 1.85. The van der Waals surface area contributed by atoms with Crippen LogP contribution in [0.5, 0.6) is 0 Å². The molecule has 122 valence electrons. The van der Waals surface area contributed by atoms with Gasteiger partial charge in [-0.1, -0.05) is 5.11 Å². The second-order valence-corrected chi connectivity index (χ2v) is 3.83. The van der Waals surface area contributed by atoms with Gasteiger partial charge in [0.1, 0.15) is 0 Å². The second kappa shape index (κ2) is 16.7. The molecule has 0 rings (SSSR count). The summed E-state index contributed by atoms with van der Waals surface area (Å²) in [7, 11) is 1.59. The molecule has 0 spiro atoms. The van der Waals surface area contributed by atoms with Crippen LogP contribution in [0.2, 0.25) is 0 Å². The lowest BCUT2D eigenvalue weighted by Gasteiger charge is -2.07. The third-order valence-corrected chi connectivity index (χ3v) is 2.27. The van der Waals surface area contributed by atoms with Crippen molar-refractivity contribution in [2.45, 2.75) is 6.42 Å². The molecule has 0 aromatic rings. The lowest BCUT2D eigenvalue weighted by atomic mass is 10.4. The quantitative estimate of drug-likeness (QED) is 0.205. The van der Waals surface area contributed by atoms with Crippen LogP contribution in [0.3, 0.4) is 0 Å². The van der Waals surface area contributed by atoms with Crippen molar-refractivity contribution < 1.29 is 23.7 Å². The molecule has 0 aromatic heterocycles. The van der Waals surface area contributed by atoms with E-state index >= 15 is 0 Å². The van der Waals surface area contributed by atoms with E-state index in [0.717, 1.165) is 0 Å². The highest BCUT2D eigenvalue weighted by molar-refractivity contribution is 5.75. The van der Waals surface area contributed by atoms with Gasteiger partial charge in [0, 0.05) is 24.9 Å². The topological polar surface area (TPSA) is 115 Å². The molecule has 1 amide bonds. The van der Waals surface area contributed by atoms with Gasteiger partial charge in [0.25, 0.3) is 0 Å². The minimum atomic E-state index is -0.0361. The average Bonchev–Trinajstić information content (AvgIpc) is 2.50. The molecule has 0 saturated heterocycles. The van der Waals surface area contributed by atoms with Crippen LogP contribution in [0.4, 0.5) is 0 Å². The monoisotopic (exact) mass is 304 g/mol. The summed E-state index contributed by atoms with van der Waals surface area (Å²) >= 11 is 0. The summed E-state index contributed by atoms with van der Waals surface area (Å²) in [5.74, 6) is -0.0361. The SMILES string of the molecule is CNC(=O)CCOCCOCCOCCOCCN=[N+]=[N-]. The highest BCUT2D eigenvalue weighted by atomic mass is 16.6. The van der Waals surface area contributed by atoms with Crippen LogP contribution in [0.25, 0.3) is 10.4 Å². The maximum absolute atomic E-state index is 10.9. The number of hydrogen-bond acceptors (Lipinski definition) is 6. The maximum atomic E-state index is 10.9. The molecule has 9 heteroatoms. The molecule has 9 nitrogen and oxygen atoms in total. The first-order chi connectivity index (χ1) is 10.3. The molecule has 0 radical (unpaired) electrons. The summed E-state index contributed by atoms with van der Waals surface area (Å²) < 4.78 is 20.9. The van der Waals surface area contributed by atoms with E-state index in [9.17, 15) is 4.79 Å². The fourth-order valence-electron chi connectivity index (χ4n) is 1.20. The summed E-state index contributed by atoms with van der Waals surface area (Å²) in [4.78, 5) is 13.5. The minimum Gasteiger partial charge on any atom is -0.379 e. The standard InChI is InChI=1S/C12H24N4O5/c1-14-12(17)2-4-18-6-8-20-10-11-21-9-7-19-5-3-15-16-13/h2-11H2,1H3,(H,14,17). The molecule has 21 heavy (non-hydrogen) atoms. The van der Waals surface area contributed by atoms with E-state index in [-0.39, 0.29) is 5.91 Å². The number of ether oxygens (including phenoxy) is 4. The first-order valence-electron chi connectivity index (χ1n) is 6.83. The maximum Gasteiger partial charge on any atom is 0.222 e. The van der Waals surface area contributed by atoms with Crippen molar-refractivity contribution in [1.29, 1.82) is 0 Å². The lowest BCUT2D eigenvalue weighted by molar-refractivity contribution is -0.121. The molecule has 0 atom stereocenters. The number of carbonyl (C=O) groups is 1. The van der Waals surface area contributed by atoms with Gasteiger partial charge >= 0.3 is 0 Å². The normalized spacial score (nSPS) is 10.1. The van der Waals surface area contributed by atoms with Crippen LogP contribution in [0, 0.1) is 0 Å². The average molecular weight is 304 g/mol. The van der Waals surface area contributed by atoms with Gasteiger partial charge in [0.05, 0.1) is 52.9 Å². The Kier molecular flexibility index (Phi) is 15.6. The van der Waals surface area contributed by atoms with Crippen molar-refractivity contribution in [3.05, 3.63) is 10.4 Å². The van der Waals surface area contributed by atoms with E-state index in [1.54, 1.807) is 7.05 Å². The van der Waals surface area contributed by atoms with Crippen molar-refractivity contribution in [1.82, 2.24) is 5.32 Å². The van der Waals surface area contributed by atoms with Crippen molar-refractivity contribution in [3.63, 3.8) is 0 Å². The molecule has 0 bridgehead atoms. The van der Waals surface area contributed by atoms with E-state index in [0.29, 0.717) is 65.8 Å². The van der Waals surface area contributed by atoms with E-state index < -0.39 is 0 Å². The molecule has 0 aliphatic heterocycles. The van der Waals surface area contributed by atoms with Gasteiger partial charge in [-0.05, 0) is 5.53 Å². The number of carbonyl (C=O) groups excluding carboxylic acids is 1. The van der Waals surface area contributed by atoms with Crippen molar-refractivity contribution in [3.8, 4) is 0 Å². The Morgan fingerprint density at radius 1 is 0.952 bits per heavy atom. The molecule has 0 saturated carbocycles. The Morgan fingerprint density at radius 2 is 1.43 bits per heavy atom. The third kappa shape index (κ3) is 16.6. The van der Waals surface area contributed by atoms with E-state index in [4.69, 9.17) is 24.5 Å². The zero-order valence-corrected chi connectivity index (χ0v) is 12.5. The van der Waals surface area contributed by atoms with Gasteiger partial charge in [0.15, 0.2) is 0 Å². The van der Waals surface area contributed by atoms with Crippen LogP contribution in [0.15, 0.2) is 5.11 Å². The van der Waals surface area contributed by atoms with Crippen LogP contribution in [-0.2, 0) is 23.7 Å². The van der Waals surface area contributed by atoms with Crippen LogP contribution in [0.1, 0.15) is 6.42 Å². The molecular weight excluding hydrogens is 280 g/mol. The molecule has 0 aliphatic carbocycles. The van der Waals surface area contributed by atoms with Gasteiger partial charge in [-0.3, -0.25) is 4.79 Å². The summed E-state index contributed by atoms with van der Waals surface area (Å²) in [5, 5.41) is 5.85. The van der Waals surface area contributed by atoms with Crippen molar-refractivity contribution >= 4 is 5.91 Å². The number of nitrogens with zero attached hydrogens (tertiary/aromatic N) is 3. The largest absolute Gasteiger partial charge is 0.379 e. The molecule has 0 aromatic carbocycles. The number of rotatable bonds is 15. The second-order valence-electron chi connectivity index (χ2n) is 3.83. The predicted molar refractivity (Wildman–Crippen MR) is 76.0 cm³/mol.